The average Bonchev–Trinajstić information content (AvgIpc) is 3.34. The normalized spacial score (nSPS) is 18.4. The van der Waals surface area contributed by atoms with Crippen LogP contribution in [-0.2, 0) is 33.3 Å². The fraction of sp³-hybridized carbons (Fsp3) is 0.483. The minimum atomic E-state index is -1.11. The third-order valence-electron chi connectivity index (χ3n) is 6.96. The lowest BCUT2D eigenvalue weighted by atomic mass is 9.82. The number of aromatic nitrogens is 2. The molecule has 1 aromatic heterocycles. The van der Waals surface area contributed by atoms with Crippen LogP contribution in [0.1, 0.15) is 66.5 Å². The highest BCUT2D eigenvalue weighted by Gasteiger charge is 2.52. The van der Waals surface area contributed by atoms with Crippen LogP contribution in [0.3, 0.4) is 0 Å². The Hall–Kier alpha value is -2.46. The molecule has 204 valence electrons. The van der Waals surface area contributed by atoms with Gasteiger partial charge >= 0.3 is 7.12 Å². The molecule has 2 atom stereocenters. The number of rotatable bonds is 9. The Bertz CT molecular complexity index is 1270. The molecule has 9 heteroatoms. The maximum absolute atomic E-state index is 12.4. The Morgan fingerprint density at radius 3 is 2.21 bits per heavy atom. The van der Waals surface area contributed by atoms with Crippen LogP contribution in [0.15, 0.2) is 60.9 Å². The number of nitrogens with one attached hydrogen (secondary N) is 1. The average molecular weight is 538 g/mol. The number of hydrogen-bond acceptors (Lipinski definition) is 5. The summed E-state index contributed by atoms with van der Waals surface area (Å²) in [5.41, 5.74) is 2.33. The third-order valence-corrected chi connectivity index (χ3v) is 8.69. The quantitative estimate of drug-likeness (QED) is 0.389. The highest BCUT2D eigenvalue weighted by molar-refractivity contribution is 7.84. The van der Waals surface area contributed by atoms with Gasteiger partial charge < -0.3 is 14.0 Å². The molecule has 0 unspecified atom stereocenters. The summed E-state index contributed by atoms with van der Waals surface area (Å²) in [6.45, 7) is 16.7. The van der Waals surface area contributed by atoms with E-state index in [1.807, 2.05) is 103 Å². The van der Waals surface area contributed by atoms with Crippen molar-refractivity contribution in [3.63, 3.8) is 0 Å². The molecule has 0 bridgehead atoms. The first kappa shape index (κ1) is 28.6. The van der Waals surface area contributed by atoms with Crippen molar-refractivity contribution in [3.05, 3.63) is 72.1 Å². The van der Waals surface area contributed by atoms with E-state index in [0.717, 1.165) is 34.5 Å². The van der Waals surface area contributed by atoms with Crippen LogP contribution in [0, 0.1) is 0 Å². The second-order valence-corrected chi connectivity index (χ2v) is 14.1. The van der Waals surface area contributed by atoms with Gasteiger partial charge in [-0.05, 0) is 97.2 Å². The lowest BCUT2D eigenvalue weighted by molar-refractivity contribution is 0.00578. The van der Waals surface area contributed by atoms with Crippen LogP contribution in [0.4, 0.5) is 0 Å². The van der Waals surface area contributed by atoms with Crippen molar-refractivity contribution in [2.75, 3.05) is 0 Å². The monoisotopic (exact) mass is 537 g/mol. The Balaban J connectivity index is 1.38. The van der Waals surface area contributed by atoms with E-state index in [1.54, 1.807) is 6.20 Å². The zero-order valence-corrected chi connectivity index (χ0v) is 24.6. The van der Waals surface area contributed by atoms with Crippen LogP contribution in [0.2, 0.25) is 0 Å². The molecular formula is C29H40BN3O4S. The predicted octanol–water partition coefficient (Wildman–Crippen LogP) is 5.01. The maximum Gasteiger partial charge on any atom is 0.498 e. The van der Waals surface area contributed by atoms with Crippen molar-refractivity contribution in [2.24, 2.45) is 0 Å². The van der Waals surface area contributed by atoms with E-state index in [1.165, 1.54) is 0 Å². The van der Waals surface area contributed by atoms with Crippen molar-refractivity contribution in [2.45, 2.75) is 90.3 Å². The van der Waals surface area contributed by atoms with Crippen LogP contribution in [0.5, 0.6) is 11.5 Å². The zero-order chi connectivity index (χ0) is 27.7. The van der Waals surface area contributed by atoms with Gasteiger partial charge in [-0.25, -0.2) is 8.93 Å². The molecule has 0 amide bonds. The molecule has 0 radical (unpaired) electrons. The highest BCUT2D eigenvalue weighted by atomic mass is 32.2. The molecule has 1 fully saturated rings. The summed E-state index contributed by atoms with van der Waals surface area (Å²) in [5, 5.41) is 4.53. The van der Waals surface area contributed by atoms with E-state index >= 15 is 0 Å². The lowest BCUT2D eigenvalue weighted by Crippen LogP contribution is -2.41. The van der Waals surface area contributed by atoms with Gasteiger partial charge in [0.05, 0.1) is 33.5 Å². The van der Waals surface area contributed by atoms with Gasteiger partial charge in [0.15, 0.2) is 0 Å². The van der Waals surface area contributed by atoms with Crippen molar-refractivity contribution in [3.8, 4) is 11.5 Å². The molecule has 2 aromatic carbocycles. The first-order chi connectivity index (χ1) is 17.7. The van der Waals surface area contributed by atoms with Crippen molar-refractivity contribution in [1.29, 1.82) is 0 Å². The van der Waals surface area contributed by atoms with Gasteiger partial charge in [-0.1, -0.05) is 24.3 Å². The summed E-state index contributed by atoms with van der Waals surface area (Å²) in [6.07, 6.45) is 4.53. The summed E-state index contributed by atoms with van der Waals surface area (Å²) in [7, 11) is -1.54. The van der Waals surface area contributed by atoms with E-state index in [0.29, 0.717) is 6.54 Å². The van der Waals surface area contributed by atoms with Gasteiger partial charge in [-0.2, -0.15) is 5.10 Å². The van der Waals surface area contributed by atoms with Gasteiger partial charge in [-0.3, -0.25) is 4.68 Å². The molecule has 1 aliphatic heterocycles. The Morgan fingerprint density at radius 2 is 1.61 bits per heavy atom. The Kier molecular flexibility index (Phi) is 8.24. The first-order valence-electron chi connectivity index (χ1n) is 13.1. The second kappa shape index (κ2) is 11.0. The van der Waals surface area contributed by atoms with Gasteiger partial charge in [0.25, 0.3) is 0 Å². The van der Waals surface area contributed by atoms with Crippen LogP contribution in [-0.4, -0.2) is 43.1 Å². The summed E-state index contributed by atoms with van der Waals surface area (Å²) in [6, 6.07) is 16.1. The topological polar surface area (TPSA) is 74.6 Å². The Morgan fingerprint density at radius 1 is 1.03 bits per heavy atom. The van der Waals surface area contributed by atoms with Gasteiger partial charge in [0.2, 0.25) is 0 Å². The molecule has 0 saturated carbocycles. The highest BCUT2D eigenvalue weighted by Crippen LogP contribution is 2.36. The standard InChI is InChI=1S/C29H40BN3O4S/c1-21(32-38(34)27(2,3)4)15-22-11-9-13-25(16-22)35-26-14-10-12-23(17-26)19-33-20-24(18-31-33)30-36-28(5,6)29(7,8)37-30/h9-14,16-18,20-21,32H,15,19H2,1-8H3/t21-,38-/m0/s1. The summed E-state index contributed by atoms with van der Waals surface area (Å²) >= 11 is 0. The van der Waals surface area contributed by atoms with Crippen LogP contribution in [0.25, 0.3) is 0 Å². The molecule has 7 nitrogen and oxygen atoms in total. The largest absolute Gasteiger partial charge is 0.498 e. The summed E-state index contributed by atoms with van der Waals surface area (Å²) < 4.78 is 35.7. The summed E-state index contributed by atoms with van der Waals surface area (Å²) in [5.74, 6) is 1.53. The van der Waals surface area contributed by atoms with Crippen LogP contribution >= 0.6 is 0 Å². The zero-order valence-electron chi connectivity index (χ0n) is 23.8. The van der Waals surface area contributed by atoms with Crippen molar-refractivity contribution in [1.82, 2.24) is 14.5 Å². The molecule has 38 heavy (non-hydrogen) atoms. The lowest BCUT2D eigenvalue weighted by Gasteiger charge is -2.32. The number of benzene rings is 2. The van der Waals surface area contributed by atoms with Crippen molar-refractivity contribution < 1.29 is 18.3 Å². The molecule has 1 aliphatic rings. The van der Waals surface area contributed by atoms with E-state index in [4.69, 9.17) is 14.0 Å². The third kappa shape index (κ3) is 6.94. The fourth-order valence-corrected chi connectivity index (χ4v) is 4.89. The second-order valence-electron chi connectivity index (χ2n) is 12.1. The number of ether oxygens (including phenoxy) is 1. The molecule has 3 aromatic rings. The minimum Gasteiger partial charge on any atom is -0.457 e. The fourth-order valence-electron chi connectivity index (χ4n) is 4.09. The molecule has 0 spiro atoms. The van der Waals surface area contributed by atoms with E-state index in [2.05, 4.69) is 22.0 Å². The SMILES string of the molecule is C[C@@H](Cc1cccc(Oc2cccc(Cn3cc(B4OC(C)(C)C(C)(C)O4)cn3)c2)c1)N[S@@](=O)C(C)(C)C. The van der Waals surface area contributed by atoms with Crippen LogP contribution < -0.4 is 14.9 Å². The molecule has 1 N–H and O–H groups in total. The molecule has 2 heterocycles. The van der Waals surface area contributed by atoms with Gasteiger partial charge in [0, 0.05) is 23.9 Å². The maximum atomic E-state index is 12.4. The first-order valence-corrected chi connectivity index (χ1v) is 14.3. The molecule has 0 aliphatic carbocycles. The van der Waals surface area contributed by atoms with E-state index in [-0.39, 0.29) is 22.0 Å². The molecular weight excluding hydrogens is 497 g/mol. The minimum absolute atomic E-state index is 0.0739. The molecule has 1 saturated heterocycles. The number of nitrogens with zero attached hydrogens (tertiary/aromatic N) is 2. The number of hydrogen-bond donors (Lipinski definition) is 1. The summed E-state index contributed by atoms with van der Waals surface area (Å²) in [4.78, 5) is 0. The smallest absolute Gasteiger partial charge is 0.457 e. The van der Waals surface area contributed by atoms with Gasteiger partial charge in [0.1, 0.15) is 11.5 Å². The Labute approximate surface area is 230 Å². The van der Waals surface area contributed by atoms with E-state index in [9.17, 15) is 4.21 Å². The van der Waals surface area contributed by atoms with Gasteiger partial charge in [-0.15, -0.1) is 0 Å². The van der Waals surface area contributed by atoms with Crippen molar-refractivity contribution >= 4 is 23.6 Å². The van der Waals surface area contributed by atoms with E-state index < -0.39 is 18.1 Å². The molecule has 4 rings (SSSR count). The predicted molar refractivity (Wildman–Crippen MR) is 154 cm³/mol.